The van der Waals surface area contributed by atoms with Crippen LogP contribution in [-0.2, 0) is 10.0 Å². The Hall–Kier alpha value is -1.60. The van der Waals surface area contributed by atoms with E-state index in [0.717, 1.165) is 51.9 Å². The van der Waals surface area contributed by atoms with Crippen LogP contribution in [0.15, 0.2) is 47.4 Å². The Morgan fingerprint density at radius 3 is 2.32 bits per heavy atom. The Labute approximate surface area is 191 Å². The van der Waals surface area contributed by atoms with Crippen molar-refractivity contribution in [2.24, 2.45) is 0 Å². The fourth-order valence-electron chi connectivity index (χ4n) is 4.92. The van der Waals surface area contributed by atoms with E-state index in [0.29, 0.717) is 5.02 Å². The van der Waals surface area contributed by atoms with Gasteiger partial charge >= 0.3 is 0 Å². The second-order valence-electron chi connectivity index (χ2n) is 8.85. The second kappa shape index (κ2) is 9.49. The molecule has 0 bridgehead atoms. The molecule has 2 aromatic rings. The van der Waals surface area contributed by atoms with E-state index in [1.165, 1.54) is 16.8 Å². The lowest BCUT2D eigenvalue weighted by Crippen LogP contribution is -2.58. The third kappa shape index (κ3) is 5.25. The number of nitrogens with zero attached hydrogens (tertiary/aromatic N) is 2. The van der Waals surface area contributed by atoms with Gasteiger partial charge in [0.05, 0.1) is 4.90 Å². The minimum absolute atomic E-state index is 0.0540. The van der Waals surface area contributed by atoms with Gasteiger partial charge in [-0.1, -0.05) is 36.6 Å². The van der Waals surface area contributed by atoms with Crippen molar-refractivity contribution in [1.82, 2.24) is 9.62 Å². The predicted molar refractivity (Wildman–Crippen MR) is 128 cm³/mol. The Bertz CT molecular complexity index is 1000. The summed E-state index contributed by atoms with van der Waals surface area (Å²) in [4.78, 5) is 5.24. The van der Waals surface area contributed by atoms with Gasteiger partial charge in [-0.25, -0.2) is 13.1 Å². The number of benzene rings is 2. The van der Waals surface area contributed by atoms with Crippen molar-refractivity contribution in [2.45, 2.75) is 56.5 Å². The highest BCUT2D eigenvalue weighted by Crippen LogP contribution is 2.28. The van der Waals surface area contributed by atoms with Crippen LogP contribution in [0.2, 0.25) is 5.02 Å². The third-order valence-electron chi connectivity index (χ3n) is 6.65. The molecule has 0 radical (unpaired) electrons. The molecule has 0 aromatic heterocycles. The van der Waals surface area contributed by atoms with Crippen LogP contribution in [0.1, 0.15) is 36.8 Å². The largest absolute Gasteiger partial charge is 0.369 e. The monoisotopic (exact) mass is 461 g/mol. The van der Waals surface area contributed by atoms with Gasteiger partial charge in [-0.15, -0.1) is 0 Å². The summed E-state index contributed by atoms with van der Waals surface area (Å²) in [6.07, 6.45) is 4.14. The van der Waals surface area contributed by atoms with Crippen molar-refractivity contribution < 1.29 is 8.42 Å². The van der Waals surface area contributed by atoms with Crippen LogP contribution in [0, 0.1) is 13.8 Å². The summed E-state index contributed by atoms with van der Waals surface area (Å²) in [7, 11) is -3.56. The fourth-order valence-corrected chi connectivity index (χ4v) is 6.35. The Balaban J connectivity index is 1.43. The van der Waals surface area contributed by atoms with Gasteiger partial charge < -0.3 is 4.90 Å². The van der Waals surface area contributed by atoms with E-state index in [-0.39, 0.29) is 17.0 Å². The highest BCUT2D eigenvalue weighted by molar-refractivity contribution is 7.89. The first-order valence-electron chi connectivity index (χ1n) is 11.2. The molecule has 1 heterocycles. The molecule has 2 aliphatic rings. The predicted octanol–water partition coefficient (Wildman–Crippen LogP) is 4.37. The molecule has 2 atom stereocenters. The van der Waals surface area contributed by atoms with E-state index in [2.05, 4.69) is 46.6 Å². The van der Waals surface area contributed by atoms with Crippen molar-refractivity contribution in [3.8, 4) is 0 Å². The van der Waals surface area contributed by atoms with Gasteiger partial charge in [0.1, 0.15) is 0 Å². The molecule has 1 aliphatic carbocycles. The minimum atomic E-state index is -3.56. The summed E-state index contributed by atoms with van der Waals surface area (Å²) < 4.78 is 28.9. The van der Waals surface area contributed by atoms with E-state index < -0.39 is 10.0 Å². The molecule has 2 aromatic carbocycles. The van der Waals surface area contributed by atoms with Crippen molar-refractivity contribution in [1.29, 1.82) is 0 Å². The molecule has 0 amide bonds. The zero-order valence-corrected chi connectivity index (χ0v) is 19.9. The maximum atomic E-state index is 13.0. The molecular formula is C24H32ClN3O2S. The maximum Gasteiger partial charge on any atom is 0.240 e. The average Bonchev–Trinajstić information content (AvgIpc) is 2.76. The van der Waals surface area contributed by atoms with E-state index >= 15 is 0 Å². The first kappa shape index (κ1) is 22.6. The molecule has 1 N–H and O–H groups in total. The minimum Gasteiger partial charge on any atom is -0.369 e. The normalized spacial score (nSPS) is 23.1. The van der Waals surface area contributed by atoms with Crippen LogP contribution in [-0.4, -0.2) is 51.6 Å². The van der Waals surface area contributed by atoms with Gasteiger partial charge in [-0.05, 0) is 68.1 Å². The number of hydrogen-bond donors (Lipinski definition) is 1. The van der Waals surface area contributed by atoms with Crippen LogP contribution < -0.4 is 9.62 Å². The summed E-state index contributed by atoms with van der Waals surface area (Å²) in [6, 6.07) is 13.2. The molecule has 31 heavy (non-hydrogen) atoms. The van der Waals surface area contributed by atoms with Crippen molar-refractivity contribution in [3.05, 3.63) is 58.6 Å². The van der Waals surface area contributed by atoms with E-state index in [1.807, 2.05) is 0 Å². The van der Waals surface area contributed by atoms with Gasteiger partial charge in [0.2, 0.25) is 10.0 Å². The number of halogens is 1. The number of sulfonamides is 1. The number of aryl methyl sites for hydroxylation is 2. The zero-order chi connectivity index (χ0) is 22.0. The van der Waals surface area contributed by atoms with Gasteiger partial charge in [0.15, 0.2) is 0 Å². The lowest BCUT2D eigenvalue weighted by molar-refractivity contribution is 0.124. The average molecular weight is 462 g/mol. The van der Waals surface area contributed by atoms with E-state index in [1.54, 1.807) is 24.3 Å². The van der Waals surface area contributed by atoms with E-state index in [4.69, 9.17) is 11.6 Å². The molecule has 5 nitrogen and oxygen atoms in total. The number of nitrogens with one attached hydrogen (secondary N) is 1. The number of anilines is 1. The summed E-state index contributed by atoms with van der Waals surface area (Å²) in [5.41, 5.74) is 3.92. The molecule has 0 unspecified atom stereocenters. The van der Waals surface area contributed by atoms with Gasteiger partial charge in [0, 0.05) is 49.0 Å². The Kier molecular flexibility index (Phi) is 6.92. The van der Waals surface area contributed by atoms with Crippen LogP contribution in [0.3, 0.4) is 0 Å². The van der Waals surface area contributed by atoms with Crippen molar-refractivity contribution in [2.75, 3.05) is 31.1 Å². The van der Waals surface area contributed by atoms with Gasteiger partial charge in [0.25, 0.3) is 0 Å². The maximum absolute atomic E-state index is 13.0. The van der Waals surface area contributed by atoms with Gasteiger partial charge in [-0.2, -0.15) is 0 Å². The van der Waals surface area contributed by atoms with Crippen molar-refractivity contribution in [3.63, 3.8) is 0 Å². The first-order valence-corrected chi connectivity index (χ1v) is 13.0. The fraction of sp³-hybridized carbons (Fsp3) is 0.500. The smallest absolute Gasteiger partial charge is 0.240 e. The van der Waals surface area contributed by atoms with Crippen LogP contribution >= 0.6 is 11.6 Å². The molecule has 1 saturated carbocycles. The van der Waals surface area contributed by atoms with Crippen LogP contribution in [0.5, 0.6) is 0 Å². The summed E-state index contributed by atoms with van der Waals surface area (Å²) in [5.74, 6) is 0. The summed E-state index contributed by atoms with van der Waals surface area (Å²) in [5, 5.41) is 0.538. The summed E-state index contributed by atoms with van der Waals surface area (Å²) in [6.45, 7) is 8.16. The number of rotatable bonds is 5. The molecule has 0 spiro atoms. The number of hydrogen-bond acceptors (Lipinski definition) is 4. The first-order chi connectivity index (χ1) is 14.8. The van der Waals surface area contributed by atoms with Crippen LogP contribution in [0.25, 0.3) is 0 Å². The molecule has 168 valence electrons. The quantitative estimate of drug-likeness (QED) is 0.718. The highest BCUT2D eigenvalue weighted by Gasteiger charge is 2.34. The lowest BCUT2D eigenvalue weighted by Gasteiger charge is -2.45. The Morgan fingerprint density at radius 1 is 0.935 bits per heavy atom. The topological polar surface area (TPSA) is 52.6 Å². The third-order valence-corrected chi connectivity index (χ3v) is 8.41. The zero-order valence-electron chi connectivity index (χ0n) is 18.4. The summed E-state index contributed by atoms with van der Waals surface area (Å²) >= 11 is 5.93. The number of piperazine rings is 1. The molecule has 4 rings (SSSR count). The molecule has 2 fully saturated rings. The second-order valence-corrected chi connectivity index (χ2v) is 11.0. The van der Waals surface area contributed by atoms with Gasteiger partial charge in [-0.3, -0.25) is 4.90 Å². The van der Waals surface area contributed by atoms with Crippen LogP contribution in [0.4, 0.5) is 5.69 Å². The SMILES string of the molecule is Cc1ccc(C)c(N2CCN([C@@H]3CCCC[C@@H]3NS(=O)(=O)c3ccc(Cl)cc3)CC2)c1. The Morgan fingerprint density at radius 2 is 1.61 bits per heavy atom. The van der Waals surface area contributed by atoms with E-state index in [9.17, 15) is 8.42 Å². The lowest BCUT2D eigenvalue weighted by atomic mass is 9.89. The molecule has 1 aliphatic heterocycles. The van der Waals surface area contributed by atoms with Crippen molar-refractivity contribution >= 4 is 27.3 Å². The molecule has 1 saturated heterocycles. The standard InChI is InChI=1S/C24H32ClN3O2S/c1-18-7-8-19(2)24(17-18)28-15-13-27(14-16-28)23-6-4-3-5-22(23)26-31(29,30)21-11-9-20(25)10-12-21/h7-12,17,22-23,26H,3-6,13-16H2,1-2H3/t22-,23+/m0/s1. The molecule has 7 heteroatoms. The molecular weight excluding hydrogens is 430 g/mol. The highest BCUT2D eigenvalue weighted by atomic mass is 35.5.